The summed E-state index contributed by atoms with van der Waals surface area (Å²) >= 11 is 0. The van der Waals surface area contributed by atoms with Crippen LogP contribution in [0.25, 0.3) is 0 Å². The van der Waals surface area contributed by atoms with Crippen molar-refractivity contribution >= 4 is 11.8 Å². The summed E-state index contributed by atoms with van der Waals surface area (Å²) < 4.78 is 20.2. The number of fused-ring (bicyclic) bond motifs is 1. The van der Waals surface area contributed by atoms with Crippen LogP contribution in [-0.2, 0) is 16.0 Å². The van der Waals surface area contributed by atoms with Crippen molar-refractivity contribution in [2.24, 2.45) is 5.92 Å². The lowest BCUT2D eigenvalue weighted by molar-refractivity contribution is -0.134. The minimum Gasteiger partial charge on any atom is -0.481 e. The van der Waals surface area contributed by atoms with E-state index in [0.29, 0.717) is 18.7 Å². The molecule has 2 atom stereocenters. The molecule has 1 saturated carbocycles. The molecule has 0 unspecified atom stereocenters. The molecule has 1 heterocycles. The van der Waals surface area contributed by atoms with Gasteiger partial charge in [-0.05, 0) is 80.5 Å². The maximum atomic E-state index is 14.1. The first-order valence-corrected chi connectivity index (χ1v) is 11.5. The third kappa shape index (κ3) is 4.79. The van der Waals surface area contributed by atoms with Gasteiger partial charge in [0.2, 0.25) is 5.91 Å². The minimum atomic E-state index is -0.601. The third-order valence-corrected chi connectivity index (χ3v) is 6.09. The molecule has 1 fully saturated rings. The van der Waals surface area contributed by atoms with E-state index in [2.05, 4.69) is 5.32 Å². The minimum absolute atomic E-state index is 0.0306. The molecule has 32 heavy (non-hydrogen) atoms. The first-order chi connectivity index (χ1) is 15.4. The van der Waals surface area contributed by atoms with Crippen molar-refractivity contribution in [3.8, 4) is 5.75 Å². The van der Waals surface area contributed by atoms with Crippen LogP contribution >= 0.6 is 0 Å². The summed E-state index contributed by atoms with van der Waals surface area (Å²) in [6.07, 6.45) is 2.52. The van der Waals surface area contributed by atoms with Gasteiger partial charge >= 0.3 is 0 Å². The number of benzene rings is 2. The van der Waals surface area contributed by atoms with E-state index < -0.39 is 6.10 Å². The lowest BCUT2D eigenvalue weighted by atomic mass is 9.87. The van der Waals surface area contributed by atoms with Gasteiger partial charge in [0, 0.05) is 18.5 Å². The molecule has 2 aliphatic rings. The first-order valence-electron chi connectivity index (χ1n) is 11.5. The molecule has 2 aromatic rings. The number of nitrogens with one attached hydrogen (secondary N) is 1. The normalized spacial score (nSPS) is 18.8. The van der Waals surface area contributed by atoms with Gasteiger partial charge in [-0.2, -0.15) is 0 Å². The molecular formula is C26H31FN2O3. The van der Waals surface area contributed by atoms with Crippen molar-refractivity contribution in [1.82, 2.24) is 10.2 Å². The second kappa shape index (κ2) is 9.31. The van der Waals surface area contributed by atoms with E-state index in [4.69, 9.17) is 4.74 Å². The SMILES string of the molecule is CC[C@H](Oc1ccc2c(c1)[C@H](c1cccc(F)c1)N(C(=O)C1CC1)CC2)C(=O)NC(C)C. The molecule has 2 aromatic carbocycles. The number of amides is 2. The molecule has 2 amide bonds. The summed E-state index contributed by atoms with van der Waals surface area (Å²) in [5, 5.41) is 2.90. The van der Waals surface area contributed by atoms with Gasteiger partial charge in [0.05, 0.1) is 6.04 Å². The van der Waals surface area contributed by atoms with Crippen molar-refractivity contribution in [2.75, 3.05) is 6.54 Å². The Labute approximate surface area is 188 Å². The van der Waals surface area contributed by atoms with Crippen molar-refractivity contribution < 1.29 is 18.7 Å². The van der Waals surface area contributed by atoms with Crippen LogP contribution in [0, 0.1) is 11.7 Å². The van der Waals surface area contributed by atoms with Gasteiger partial charge in [0.15, 0.2) is 6.10 Å². The molecule has 0 saturated heterocycles. The van der Waals surface area contributed by atoms with Crippen LogP contribution in [-0.4, -0.2) is 35.4 Å². The third-order valence-electron chi connectivity index (χ3n) is 6.09. The number of rotatable bonds is 7. The molecule has 1 aliphatic carbocycles. The van der Waals surface area contributed by atoms with Crippen molar-refractivity contribution in [3.05, 3.63) is 65.0 Å². The second-order valence-corrected chi connectivity index (χ2v) is 9.05. The predicted octanol–water partition coefficient (Wildman–Crippen LogP) is 4.39. The Morgan fingerprint density at radius 2 is 1.97 bits per heavy atom. The van der Waals surface area contributed by atoms with Crippen LogP contribution in [0.1, 0.15) is 62.8 Å². The Bertz CT molecular complexity index is 1000. The van der Waals surface area contributed by atoms with Crippen LogP contribution in [0.4, 0.5) is 4.39 Å². The maximum absolute atomic E-state index is 14.1. The van der Waals surface area contributed by atoms with Crippen LogP contribution < -0.4 is 10.1 Å². The molecule has 1 N–H and O–H groups in total. The number of ether oxygens (including phenoxy) is 1. The van der Waals surface area contributed by atoms with E-state index in [1.54, 1.807) is 6.07 Å². The van der Waals surface area contributed by atoms with E-state index >= 15 is 0 Å². The molecule has 0 bridgehead atoms. The van der Waals surface area contributed by atoms with Gasteiger partial charge in [-0.1, -0.05) is 25.1 Å². The Morgan fingerprint density at radius 3 is 2.62 bits per heavy atom. The predicted molar refractivity (Wildman–Crippen MR) is 121 cm³/mol. The zero-order valence-corrected chi connectivity index (χ0v) is 18.9. The van der Waals surface area contributed by atoms with E-state index in [-0.39, 0.29) is 35.6 Å². The number of carbonyl (C=O) groups excluding carboxylic acids is 2. The Hall–Kier alpha value is -2.89. The molecule has 0 spiro atoms. The van der Waals surface area contributed by atoms with Crippen LogP contribution in [0.5, 0.6) is 5.75 Å². The number of hydrogen-bond acceptors (Lipinski definition) is 3. The van der Waals surface area contributed by atoms with Gasteiger partial charge in [0.25, 0.3) is 5.91 Å². The highest BCUT2D eigenvalue weighted by Gasteiger charge is 2.39. The monoisotopic (exact) mass is 438 g/mol. The van der Waals surface area contributed by atoms with Gasteiger partial charge in [-0.3, -0.25) is 9.59 Å². The number of halogens is 1. The standard InChI is InChI=1S/C26H31FN2O3/c1-4-23(25(30)28-16(2)3)32-21-11-10-17-12-13-29(26(31)18-8-9-18)24(22(17)15-21)19-6-5-7-20(27)14-19/h5-7,10-11,14-16,18,23-24H,4,8-9,12-13H2,1-3H3,(H,28,30)/t23-,24-/m0/s1. The average Bonchev–Trinajstić information content (AvgIpc) is 3.61. The van der Waals surface area contributed by atoms with Gasteiger partial charge in [-0.25, -0.2) is 4.39 Å². The zero-order valence-electron chi connectivity index (χ0n) is 18.9. The smallest absolute Gasteiger partial charge is 0.261 e. The molecule has 0 radical (unpaired) electrons. The fourth-order valence-corrected chi connectivity index (χ4v) is 4.37. The van der Waals surface area contributed by atoms with Crippen molar-refractivity contribution in [2.45, 2.75) is 64.6 Å². The molecular weight excluding hydrogens is 407 g/mol. The Kier molecular flexibility index (Phi) is 6.49. The van der Waals surface area contributed by atoms with Crippen LogP contribution in [0.3, 0.4) is 0 Å². The van der Waals surface area contributed by atoms with Crippen molar-refractivity contribution in [1.29, 1.82) is 0 Å². The molecule has 0 aromatic heterocycles. The second-order valence-electron chi connectivity index (χ2n) is 9.05. The van der Waals surface area contributed by atoms with Gasteiger partial charge in [-0.15, -0.1) is 0 Å². The maximum Gasteiger partial charge on any atom is 0.261 e. The molecule has 1 aliphatic heterocycles. The van der Waals surface area contributed by atoms with Gasteiger partial charge < -0.3 is 15.0 Å². The van der Waals surface area contributed by atoms with E-state index in [1.165, 1.54) is 12.1 Å². The molecule has 5 nitrogen and oxygen atoms in total. The Balaban J connectivity index is 1.68. The van der Waals surface area contributed by atoms with E-state index in [0.717, 1.165) is 36.0 Å². The van der Waals surface area contributed by atoms with Crippen molar-refractivity contribution in [3.63, 3.8) is 0 Å². The first kappa shape index (κ1) is 22.3. The van der Waals surface area contributed by atoms with E-state index in [9.17, 15) is 14.0 Å². The zero-order chi connectivity index (χ0) is 22.8. The Morgan fingerprint density at radius 1 is 1.19 bits per heavy atom. The highest BCUT2D eigenvalue weighted by atomic mass is 19.1. The fraction of sp³-hybridized carbons (Fsp3) is 0.462. The highest BCUT2D eigenvalue weighted by molar-refractivity contribution is 5.82. The molecule has 4 rings (SSSR count). The van der Waals surface area contributed by atoms with Crippen LogP contribution in [0.15, 0.2) is 42.5 Å². The van der Waals surface area contributed by atoms with Gasteiger partial charge in [0.1, 0.15) is 11.6 Å². The summed E-state index contributed by atoms with van der Waals surface area (Å²) in [6.45, 7) is 6.35. The summed E-state index contributed by atoms with van der Waals surface area (Å²) in [6, 6.07) is 11.9. The number of carbonyl (C=O) groups is 2. The summed E-state index contributed by atoms with van der Waals surface area (Å²) in [5.41, 5.74) is 2.81. The molecule has 6 heteroatoms. The highest BCUT2D eigenvalue weighted by Crippen LogP contribution is 2.41. The molecule has 170 valence electrons. The topological polar surface area (TPSA) is 58.6 Å². The largest absolute Gasteiger partial charge is 0.481 e. The van der Waals surface area contributed by atoms with E-state index in [1.807, 2.05) is 49.9 Å². The number of hydrogen-bond donors (Lipinski definition) is 1. The number of nitrogens with zero attached hydrogens (tertiary/aromatic N) is 1. The van der Waals surface area contributed by atoms with Crippen LogP contribution in [0.2, 0.25) is 0 Å². The summed E-state index contributed by atoms with van der Waals surface area (Å²) in [5.74, 6) is 0.330. The summed E-state index contributed by atoms with van der Waals surface area (Å²) in [7, 11) is 0. The fourth-order valence-electron chi connectivity index (χ4n) is 4.37. The lowest BCUT2D eigenvalue weighted by Gasteiger charge is -2.38. The lowest BCUT2D eigenvalue weighted by Crippen LogP contribution is -2.42. The quantitative estimate of drug-likeness (QED) is 0.698. The summed E-state index contributed by atoms with van der Waals surface area (Å²) in [4.78, 5) is 27.5. The average molecular weight is 439 g/mol.